The van der Waals surface area contributed by atoms with Crippen molar-refractivity contribution in [2.75, 3.05) is 20.3 Å². The Labute approximate surface area is 115 Å². The monoisotopic (exact) mass is 265 g/mol. The molecule has 0 saturated heterocycles. The normalized spacial score (nSPS) is 11.4. The molecule has 0 spiro atoms. The van der Waals surface area contributed by atoms with Crippen LogP contribution in [0.15, 0.2) is 24.3 Å². The minimum Gasteiger partial charge on any atom is -0.462 e. The Bertz CT molecular complexity index is 398. The molecule has 0 aromatic heterocycles. The van der Waals surface area contributed by atoms with E-state index < -0.39 is 0 Å². The Morgan fingerprint density at radius 1 is 1.26 bits per heavy atom. The molecule has 0 aliphatic heterocycles. The summed E-state index contributed by atoms with van der Waals surface area (Å²) in [5.74, 6) is -0.340. The van der Waals surface area contributed by atoms with E-state index in [1.54, 1.807) is 0 Å². The van der Waals surface area contributed by atoms with Crippen molar-refractivity contribution in [3.8, 4) is 0 Å². The summed E-state index contributed by atoms with van der Waals surface area (Å²) in [5, 5.41) is 3.37. The molecule has 0 aliphatic rings. The lowest BCUT2D eigenvalue weighted by molar-refractivity contribution is -0.149. The van der Waals surface area contributed by atoms with Gasteiger partial charge >= 0.3 is 5.97 Å². The third kappa shape index (κ3) is 6.36. The van der Waals surface area contributed by atoms with Gasteiger partial charge in [0.1, 0.15) is 13.2 Å². The van der Waals surface area contributed by atoms with Crippen LogP contribution in [-0.2, 0) is 20.8 Å². The van der Waals surface area contributed by atoms with Gasteiger partial charge in [0.2, 0.25) is 0 Å². The summed E-state index contributed by atoms with van der Waals surface area (Å²) >= 11 is 0. The Kier molecular flexibility index (Phi) is 5.99. The van der Waals surface area contributed by atoms with E-state index in [2.05, 4.69) is 36.5 Å². The Balaban J connectivity index is 2.37. The number of benzene rings is 1. The van der Waals surface area contributed by atoms with Crippen molar-refractivity contribution in [2.45, 2.75) is 32.9 Å². The fourth-order valence-electron chi connectivity index (χ4n) is 1.52. The minimum atomic E-state index is -0.340. The summed E-state index contributed by atoms with van der Waals surface area (Å²) < 4.78 is 9.84. The van der Waals surface area contributed by atoms with Crippen LogP contribution in [0.5, 0.6) is 0 Å². The van der Waals surface area contributed by atoms with E-state index in [0.29, 0.717) is 6.61 Å². The number of carbonyl (C=O) groups is 1. The SMILES string of the molecule is COCC(=O)OCC(C)(C)NCc1ccc(C)cc1. The van der Waals surface area contributed by atoms with Crippen LogP contribution in [0.1, 0.15) is 25.0 Å². The van der Waals surface area contributed by atoms with Crippen molar-refractivity contribution in [2.24, 2.45) is 0 Å². The third-order valence-corrected chi connectivity index (χ3v) is 2.75. The second kappa shape index (κ2) is 7.26. The first-order valence-electron chi connectivity index (χ1n) is 6.38. The van der Waals surface area contributed by atoms with Gasteiger partial charge in [0, 0.05) is 19.2 Å². The third-order valence-electron chi connectivity index (χ3n) is 2.75. The van der Waals surface area contributed by atoms with Gasteiger partial charge in [0.15, 0.2) is 0 Å². The maximum absolute atomic E-state index is 11.2. The highest BCUT2D eigenvalue weighted by atomic mass is 16.6. The zero-order chi connectivity index (χ0) is 14.3. The highest BCUT2D eigenvalue weighted by Crippen LogP contribution is 2.07. The lowest BCUT2D eigenvalue weighted by Crippen LogP contribution is -2.43. The van der Waals surface area contributed by atoms with Crippen molar-refractivity contribution in [1.82, 2.24) is 5.32 Å². The van der Waals surface area contributed by atoms with E-state index in [4.69, 9.17) is 9.47 Å². The second-order valence-electron chi connectivity index (χ2n) is 5.32. The Hall–Kier alpha value is -1.39. The van der Waals surface area contributed by atoms with Gasteiger partial charge in [-0.2, -0.15) is 0 Å². The smallest absolute Gasteiger partial charge is 0.332 e. The molecule has 4 heteroatoms. The average molecular weight is 265 g/mol. The highest BCUT2D eigenvalue weighted by molar-refractivity contribution is 5.70. The zero-order valence-electron chi connectivity index (χ0n) is 12.2. The number of ether oxygens (including phenoxy) is 2. The molecule has 0 atom stereocenters. The topological polar surface area (TPSA) is 47.6 Å². The summed E-state index contributed by atoms with van der Waals surface area (Å²) in [6, 6.07) is 8.36. The largest absolute Gasteiger partial charge is 0.462 e. The average Bonchev–Trinajstić information content (AvgIpc) is 2.36. The molecule has 0 fully saturated rings. The van der Waals surface area contributed by atoms with Crippen LogP contribution in [0.4, 0.5) is 0 Å². The number of aryl methyl sites for hydroxylation is 1. The van der Waals surface area contributed by atoms with Crippen molar-refractivity contribution in [3.05, 3.63) is 35.4 Å². The van der Waals surface area contributed by atoms with Crippen LogP contribution in [0.25, 0.3) is 0 Å². The van der Waals surface area contributed by atoms with Crippen molar-refractivity contribution < 1.29 is 14.3 Å². The van der Waals surface area contributed by atoms with Crippen molar-refractivity contribution >= 4 is 5.97 Å². The number of hydrogen-bond donors (Lipinski definition) is 1. The van der Waals surface area contributed by atoms with Crippen molar-refractivity contribution in [1.29, 1.82) is 0 Å². The quantitative estimate of drug-likeness (QED) is 0.767. The lowest BCUT2D eigenvalue weighted by Gasteiger charge is -2.26. The molecule has 0 bridgehead atoms. The molecule has 4 nitrogen and oxygen atoms in total. The molecule has 1 aromatic carbocycles. The van der Waals surface area contributed by atoms with E-state index in [1.165, 1.54) is 18.2 Å². The summed E-state index contributed by atoms with van der Waals surface area (Å²) in [6.45, 7) is 7.13. The molecule has 1 aromatic rings. The first kappa shape index (κ1) is 15.7. The molecule has 1 N–H and O–H groups in total. The maximum Gasteiger partial charge on any atom is 0.332 e. The number of hydrogen-bond acceptors (Lipinski definition) is 4. The van der Waals surface area contributed by atoms with Gasteiger partial charge < -0.3 is 14.8 Å². The van der Waals surface area contributed by atoms with E-state index in [9.17, 15) is 4.79 Å². The van der Waals surface area contributed by atoms with Gasteiger partial charge in [-0.3, -0.25) is 0 Å². The maximum atomic E-state index is 11.2. The molecule has 106 valence electrons. The number of carbonyl (C=O) groups excluding carboxylic acids is 1. The molecule has 0 heterocycles. The van der Waals surface area contributed by atoms with Gasteiger partial charge in [0.05, 0.1) is 0 Å². The fraction of sp³-hybridized carbons (Fsp3) is 0.533. The fourth-order valence-corrected chi connectivity index (χ4v) is 1.52. The molecule has 0 saturated carbocycles. The summed E-state index contributed by atoms with van der Waals surface area (Å²) in [7, 11) is 1.47. The van der Waals surface area contributed by atoms with E-state index >= 15 is 0 Å². The van der Waals surface area contributed by atoms with Crippen LogP contribution in [0, 0.1) is 6.92 Å². The van der Waals surface area contributed by atoms with E-state index in [-0.39, 0.29) is 18.1 Å². The predicted molar refractivity (Wildman–Crippen MR) is 74.9 cm³/mol. The first-order valence-corrected chi connectivity index (χ1v) is 6.38. The van der Waals surface area contributed by atoms with Gasteiger partial charge in [-0.05, 0) is 26.3 Å². The summed E-state index contributed by atoms with van der Waals surface area (Å²) in [6.07, 6.45) is 0. The number of esters is 1. The molecule has 1 rings (SSSR count). The molecular formula is C15H23NO3. The molecule has 0 radical (unpaired) electrons. The van der Waals surface area contributed by atoms with E-state index in [0.717, 1.165) is 6.54 Å². The van der Waals surface area contributed by atoms with Crippen LogP contribution < -0.4 is 5.32 Å². The van der Waals surface area contributed by atoms with Crippen LogP contribution in [0.3, 0.4) is 0 Å². The van der Waals surface area contributed by atoms with Gasteiger partial charge in [-0.25, -0.2) is 4.79 Å². The summed E-state index contributed by atoms with van der Waals surface area (Å²) in [4.78, 5) is 11.2. The molecule has 19 heavy (non-hydrogen) atoms. The van der Waals surface area contributed by atoms with Crippen molar-refractivity contribution in [3.63, 3.8) is 0 Å². The zero-order valence-corrected chi connectivity index (χ0v) is 12.2. The number of rotatable bonds is 7. The Morgan fingerprint density at radius 2 is 1.89 bits per heavy atom. The first-order chi connectivity index (χ1) is 8.93. The second-order valence-corrected chi connectivity index (χ2v) is 5.32. The minimum absolute atomic E-state index is 0.00591. The van der Waals surface area contributed by atoms with Gasteiger partial charge in [-0.1, -0.05) is 29.8 Å². The molecular weight excluding hydrogens is 242 g/mol. The number of methoxy groups -OCH3 is 1. The van der Waals surface area contributed by atoms with Gasteiger partial charge in [-0.15, -0.1) is 0 Å². The molecule has 0 unspecified atom stereocenters. The molecule has 0 amide bonds. The van der Waals surface area contributed by atoms with E-state index in [1.807, 2.05) is 13.8 Å². The predicted octanol–water partition coefficient (Wildman–Crippen LogP) is 2.05. The Morgan fingerprint density at radius 3 is 2.47 bits per heavy atom. The van der Waals surface area contributed by atoms with Gasteiger partial charge in [0.25, 0.3) is 0 Å². The highest BCUT2D eigenvalue weighted by Gasteiger charge is 2.19. The standard InChI is InChI=1S/C15H23NO3/c1-12-5-7-13(8-6-12)9-16-15(2,3)11-19-14(17)10-18-4/h5-8,16H,9-11H2,1-4H3. The lowest BCUT2D eigenvalue weighted by atomic mass is 10.1. The number of nitrogens with one attached hydrogen (secondary N) is 1. The summed E-state index contributed by atoms with van der Waals surface area (Å²) in [5.41, 5.74) is 2.19. The molecule has 0 aliphatic carbocycles. The van der Waals surface area contributed by atoms with Crippen LogP contribution in [-0.4, -0.2) is 31.8 Å². The van der Waals surface area contributed by atoms with Crippen LogP contribution in [0.2, 0.25) is 0 Å². The van der Waals surface area contributed by atoms with Crippen LogP contribution >= 0.6 is 0 Å².